The van der Waals surface area contributed by atoms with Gasteiger partial charge in [-0.3, -0.25) is 5.41 Å². The quantitative estimate of drug-likeness (QED) is 0.295. The van der Waals surface area contributed by atoms with E-state index in [-0.39, 0.29) is 17.0 Å². The Kier molecular flexibility index (Phi) is 3.67. The smallest absolute Gasteiger partial charge is 0.191 e. The van der Waals surface area contributed by atoms with E-state index in [1.54, 1.807) is 30.5 Å². The molecule has 1 aromatic carbocycles. The van der Waals surface area contributed by atoms with Crippen molar-refractivity contribution in [2.24, 2.45) is 15.9 Å². The molecule has 2 aromatic heterocycles. The Hall–Kier alpha value is -3.00. The van der Waals surface area contributed by atoms with Crippen molar-refractivity contribution in [1.82, 2.24) is 9.71 Å². The predicted molar refractivity (Wildman–Crippen MR) is 85.4 cm³/mol. The van der Waals surface area contributed by atoms with Gasteiger partial charge in [0.2, 0.25) is 0 Å². The molecule has 0 bridgehead atoms. The lowest BCUT2D eigenvalue weighted by molar-refractivity contribution is 0.183. The molecule has 0 fully saturated rings. The molecule has 0 amide bonds. The summed E-state index contributed by atoms with van der Waals surface area (Å²) in [6.07, 6.45) is 1.56. The zero-order chi connectivity index (χ0) is 15.5. The minimum atomic E-state index is -0.244. The standard InChI is InChI=1S/C14H12N6OS/c15-13(19-17-8-9-4-3-7-22-9)12-14(16)20(21)11-6-2-1-5-10(11)18-12/h1-8,16,21H,(H2,15,19). The van der Waals surface area contributed by atoms with E-state index < -0.39 is 0 Å². The van der Waals surface area contributed by atoms with Gasteiger partial charge in [-0.2, -0.15) is 9.83 Å². The minimum absolute atomic E-state index is 0.0358. The van der Waals surface area contributed by atoms with E-state index >= 15 is 0 Å². The number of amidine groups is 1. The molecule has 0 saturated heterocycles. The molecular weight excluding hydrogens is 300 g/mol. The molecule has 4 N–H and O–H groups in total. The Morgan fingerprint density at radius 3 is 2.91 bits per heavy atom. The first-order valence-corrected chi connectivity index (χ1v) is 7.21. The van der Waals surface area contributed by atoms with E-state index in [0.29, 0.717) is 11.0 Å². The fourth-order valence-corrected chi connectivity index (χ4v) is 2.45. The van der Waals surface area contributed by atoms with Crippen molar-refractivity contribution in [2.45, 2.75) is 0 Å². The second kappa shape index (κ2) is 5.78. The molecule has 0 aliphatic rings. The molecule has 110 valence electrons. The topological polar surface area (TPSA) is 113 Å². The number of nitrogens with one attached hydrogen (secondary N) is 1. The van der Waals surface area contributed by atoms with Crippen LogP contribution >= 0.6 is 11.3 Å². The molecule has 0 aliphatic carbocycles. The molecule has 0 radical (unpaired) electrons. The first kappa shape index (κ1) is 14.0. The van der Waals surface area contributed by atoms with Crippen LogP contribution < -0.4 is 11.2 Å². The van der Waals surface area contributed by atoms with Crippen LogP contribution in [-0.2, 0) is 0 Å². The van der Waals surface area contributed by atoms with Crippen LogP contribution in [0, 0.1) is 5.41 Å². The molecule has 0 unspecified atom stereocenters. The average Bonchev–Trinajstić information content (AvgIpc) is 3.04. The summed E-state index contributed by atoms with van der Waals surface area (Å²) in [4.78, 5) is 5.19. The number of fused-ring (bicyclic) bond motifs is 1. The SMILES string of the molecule is N=c1c(C(N)=NN=Cc2cccs2)nc2ccccc2n1O. The van der Waals surface area contributed by atoms with Crippen LogP contribution in [0.4, 0.5) is 0 Å². The molecule has 8 heteroatoms. The molecule has 3 rings (SSSR count). The van der Waals surface area contributed by atoms with E-state index in [0.717, 1.165) is 9.61 Å². The lowest BCUT2D eigenvalue weighted by Crippen LogP contribution is -2.31. The number of nitrogens with zero attached hydrogens (tertiary/aromatic N) is 4. The van der Waals surface area contributed by atoms with E-state index in [9.17, 15) is 5.21 Å². The van der Waals surface area contributed by atoms with Crippen LogP contribution in [0.25, 0.3) is 11.0 Å². The molecule has 0 atom stereocenters. The van der Waals surface area contributed by atoms with E-state index in [2.05, 4.69) is 15.2 Å². The Balaban J connectivity index is 2.02. The number of hydrogen-bond donors (Lipinski definition) is 3. The van der Waals surface area contributed by atoms with Gasteiger partial charge in [0, 0.05) is 4.88 Å². The number of aromatic nitrogens is 2. The number of rotatable bonds is 3. The summed E-state index contributed by atoms with van der Waals surface area (Å²) in [6.45, 7) is 0. The summed E-state index contributed by atoms with van der Waals surface area (Å²) in [5.41, 5.74) is 6.59. The summed E-state index contributed by atoms with van der Waals surface area (Å²) in [5.74, 6) is -0.0358. The van der Waals surface area contributed by atoms with Gasteiger partial charge in [0.1, 0.15) is 5.52 Å². The third-order valence-corrected chi connectivity index (χ3v) is 3.72. The number of nitrogens with two attached hydrogens (primary N) is 1. The Labute approximate surface area is 129 Å². The fourth-order valence-electron chi connectivity index (χ4n) is 1.87. The number of benzene rings is 1. The van der Waals surface area contributed by atoms with Crippen molar-refractivity contribution in [1.29, 1.82) is 5.41 Å². The van der Waals surface area contributed by atoms with Crippen LogP contribution in [0.15, 0.2) is 52.0 Å². The highest BCUT2D eigenvalue weighted by Gasteiger charge is 2.10. The van der Waals surface area contributed by atoms with Crippen molar-refractivity contribution < 1.29 is 5.21 Å². The summed E-state index contributed by atoms with van der Waals surface area (Å²) in [6, 6.07) is 10.7. The molecular formula is C14H12N6OS. The van der Waals surface area contributed by atoms with E-state index in [1.807, 2.05) is 17.5 Å². The lowest BCUT2D eigenvalue weighted by atomic mass is 10.3. The van der Waals surface area contributed by atoms with Crippen LogP contribution in [0.3, 0.4) is 0 Å². The van der Waals surface area contributed by atoms with E-state index in [4.69, 9.17) is 11.1 Å². The van der Waals surface area contributed by atoms with Crippen molar-refractivity contribution >= 4 is 34.4 Å². The van der Waals surface area contributed by atoms with Crippen LogP contribution in [-0.4, -0.2) is 27.0 Å². The number of hydrogen-bond acceptors (Lipinski definition) is 6. The molecule has 0 aliphatic heterocycles. The van der Waals surface area contributed by atoms with Crippen LogP contribution in [0.5, 0.6) is 0 Å². The van der Waals surface area contributed by atoms with Crippen molar-refractivity contribution in [3.8, 4) is 0 Å². The van der Waals surface area contributed by atoms with Crippen molar-refractivity contribution in [3.05, 3.63) is 57.8 Å². The van der Waals surface area contributed by atoms with Crippen LogP contribution in [0.2, 0.25) is 0 Å². The highest BCUT2D eigenvalue weighted by molar-refractivity contribution is 7.11. The van der Waals surface area contributed by atoms with E-state index in [1.165, 1.54) is 11.3 Å². The summed E-state index contributed by atoms with van der Waals surface area (Å²) >= 11 is 1.52. The summed E-state index contributed by atoms with van der Waals surface area (Å²) in [7, 11) is 0. The zero-order valence-electron chi connectivity index (χ0n) is 11.3. The second-order valence-corrected chi connectivity index (χ2v) is 5.33. The first-order chi connectivity index (χ1) is 10.7. The maximum atomic E-state index is 10.0. The Bertz CT molecular complexity index is 926. The average molecular weight is 312 g/mol. The molecule has 22 heavy (non-hydrogen) atoms. The predicted octanol–water partition coefficient (Wildman–Crippen LogP) is 1.55. The van der Waals surface area contributed by atoms with Crippen LogP contribution in [0.1, 0.15) is 10.6 Å². The lowest BCUT2D eigenvalue weighted by Gasteiger charge is -2.06. The van der Waals surface area contributed by atoms with Gasteiger partial charge in [-0.05, 0) is 23.6 Å². The van der Waals surface area contributed by atoms with Gasteiger partial charge in [-0.1, -0.05) is 18.2 Å². The normalized spacial score (nSPS) is 12.3. The fraction of sp³-hybridized carbons (Fsp3) is 0. The summed E-state index contributed by atoms with van der Waals surface area (Å²) in [5, 5.41) is 27.6. The minimum Gasteiger partial charge on any atom is -0.426 e. The van der Waals surface area contributed by atoms with Gasteiger partial charge in [0.25, 0.3) is 0 Å². The maximum Gasteiger partial charge on any atom is 0.191 e. The maximum absolute atomic E-state index is 10.0. The van der Waals surface area contributed by atoms with Gasteiger partial charge in [0.05, 0.1) is 11.7 Å². The third kappa shape index (κ3) is 2.59. The third-order valence-electron chi connectivity index (χ3n) is 2.91. The Morgan fingerprint density at radius 1 is 1.32 bits per heavy atom. The van der Waals surface area contributed by atoms with Gasteiger partial charge in [0.15, 0.2) is 17.0 Å². The monoisotopic (exact) mass is 312 g/mol. The molecule has 3 aromatic rings. The second-order valence-electron chi connectivity index (χ2n) is 4.35. The van der Waals surface area contributed by atoms with Crippen molar-refractivity contribution in [3.63, 3.8) is 0 Å². The molecule has 7 nitrogen and oxygen atoms in total. The number of thiophene rings is 1. The van der Waals surface area contributed by atoms with Gasteiger partial charge < -0.3 is 10.9 Å². The summed E-state index contributed by atoms with van der Waals surface area (Å²) < 4.78 is 0.725. The molecule has 0 spiro atoms. The van der Waals surface area contributed by atoms with Gasteiger partial charge in [-0.25, -0.2) is 4.98 Å². The molecule has 2 heterocycles. The first-order valence-electron chi connectivity index (χ1n) is 6.33. The molecule has 0 saturated carbocycles. The highest BCUT2D eigenvalue weighted by atomic mass is 32.1. The highest BCUT2D eigenvalue weighted by Crippen LogP contribution is 2.08. The van der Waals surface area contributed by atoms with Crippen molar-refractivity contribution in [2.75, 3.05) is 0 Å². The Morgan fingerprint density at radius 2 is 2.14 bits per heavy atom. The number of para-hydroxylation sites is 2. The largest absolute Gasteiger partial charge is 0.426 e. The van der Waals surface area contributed by atoms with Gasteiger partial charge >= 0.3 is 0 Å². The zero-order valence-corrected chi connectivity index (χ0v) is 12.2. The van der Waals surface area contributed by atoms with Gasteiger partial charge in [-0.15, -0.1) is 16.4 Å².